The van der Waals surface area contributed by atoms with Crippen LogP contribution in [-0.4, -0.2) is 23.2 Å². The van der Waals surface area contributed by atoms with E-state index < -0.39 is 5.41 Å². The van der Waals surface area contributed by atoms with Gasteiger partial charge in [-0.25, -0.2) is 4.39 Å². The molecule has 0 spiro atoms. The van der Waals surface area contributed by atoms with Crippen LogP contribution in [0.4, 0.5) is 4.39 Å². The molecule has 1 saturated heterocycles. The quantitative estimate of drug-likeness (QED) is 0.944. The molecule has 0 saturated carbocycles. The van der Waals surface area contributed by atoms with E-state index in [-0.39, 0.29) is 11.7 Å². The van der Waals surface area contributed by atoms with Gasteiger partial charge in [0.2, 0.25) is 5.89 Å². The molecule has 5 heteroatoms. The van der Waals surface area contributed by atoms with Crippen LogP contribution in [0.25, 0.3) is 0 Å². The van der Waals surface area contributed by atoms with Crippen molar-refractivity contribution >= 4 is 0 Å². The van der Waals surface area contributed by atoms with Gasteiger partial charge in [-0.2, -0.15) is 4.98 Å². The molecule has 0 unspecified atom stereocenters. The Kier molecular flexibility index (Phi) is 3.53. The van der Waals surface area contributed by atoms with E-state index >= 15 is 0 Å². The van der Waals surface area contributed by atoms with Crippen molar-refractivity contribution in [2.24, 2.45) is 5.92 Å². The van der Waals surface area contributed by atoms with Crippen LogP contribution in [-0.2, 0) is 5.41 Å². The number of halogens is 1. The van der Waals surface area contributed by atoms with E-state index in [0.29, 0.717) is 17.6 Å². The lowest BCUT2D eigenvalue weighted by Crippen LogP contribution is -2.21. The second-order valence-electron chi connectivity index (χ2n) is 6.33. The largest absolute Gasteiger partial charge is 0.339 e. The zero-order valence-corrected chi connectivity index (χ0v) is 12.6. The molecular weight excluding hydrogens is 269 g/mol. The van der Waals surface area contributed by atoms with Gasteiger partial charge in [0.25, 0.3) is 0 Å². The smallest absolute Gasteiger partial charge is 0.231 e. The molecule has 0 amide bonds. The van der Waals surface area contributed by atoms with Crippen LogP contribution < -0.4 is 5.32 Å². The number of aromatic nitrogens is 2. The molecule has 0 aliphatic carbocycles. The summed E-state index contributed by atoms with van der Waals surface area (Å²) in [6.45, 7) is 8.07. The topological polar surface area (TPSA) is 51.0 Å². The third kappa shape index (κ3) is 2.58. The third-order valence-electron chi connectivity index (χ3n) is 4.40. The number of rotatable bonds is 3. The molecule has 4 nitrogen and oxygen atoms in total. The minimum Gasteiger partial charge on any atom is -0.339 e. The lowest BCUT2D eigenvalue weighted by Gasteiger charge is -2.20. The van der Waals surface area contributed by atoms with Crippen molar-refractivity contribution in [2.75, 3.05) is 13.1 Å². The van der Waals surface area contributed by atoms with Gasteiger partial charge >= 0.3 is 0 Å². The fourth-order valence-electron chi connectivity index (χ4n) is 2.78. The molecule has 1 fully saturated rings. The van der Waals surface area contributed by atoms with Crippen molar-refractivity contribution in [1.82, 2.24) is 15.5 Å². The molecule has 1 aliphatic heterocycles. The van der Waals surface area contributed by atoms with Crippen LogP contribution in [0.5, 0.6) is 0 Å². The van der Waals surface area contributed by atoms with E-state index in [1.54, 1.807) is 12.1 Å². The summed E-state index contributed by atoms with van der Waals surface area (Å²) >= 11 is 0. The summed E-state index contributed by atoms with van der Waals surface area (Å²) in [5.74, 6) is 1.86. The maximum Gasteiger partial charge on any atom is 0.231 e. The zero-order chi connectivity index (χ0) is 15.0. The number of hydrogen-bond donors (Lipinski definition) is 1. The van der Waals surface area contributed by atoms with Crippen molar-refractivity contribution in [3.8, 4) is 0 Å². The SMILES string of the molecule is C[C@@H]1CNC[C@H]1c1nc(C(C)(C)c2ccc(F)cc2)no1. The first-order chi connectivity index (χ1) is 9.98. The van der Waals surface area contributed by atoms with Gasteiger partial charge in [0.1, 0.15) is 5.82 Å². The van der Waals surface area contributed by atoms with Crippen LogP contribution in [0.15, 0.2) is 28.8 Å². The molecule has 2 heterocycles. The summed E-state index contributed by atoms with van der Waals surface area (Å²) in [5.41, 5.74) is 0.555. The molecule has 2 aromatic rings. The van der Waals surface area contributed by atoms with Crippen LogP contribution >= 0.6 is 0 Å². The Morgan fingerprint density at radius 1 is 1.24 bits per heavy atom. The molecule has 0 bridgehead atoms. The molecule has 21 heavy (non-hydrogen) atoms. The van der Waals surface area contributed by atoms with Crippen molar-refractivity contribution in [3.63, 3.8) is 0 Å². The van der Waals surface area contributed by atoms with E-state index in [4.69, 9.17) is 4.52 Å². The summed E-state index contributed by atoms with van der Waals surface area (Å²) < 4.78 is 18.5. The van der Waals surface area contributed by atoms with E-state index in [1.807, 2.05) is 13.8 Å². The molecule has 1 aromatic heterocycles. The van der Waals surface area contributed by atoms with Crippen LogP contribution in [0.2, 0.25) is 0 Å². The minimum absolute atomic E-state index is 0.241. The highest BCUT2D eigenvalue weighted by Crippen LogP contribution is 2.32. The van der Waals surface area contributed by atoms with Gasteiger partial charge in [0.05, 0.1) is 11.3 Å². The summed E-state index contributed by atoms with van der Waals surface area (Å²) in [6, 6.07) is 6.46. The summed E-state index contributed by atoms with van der Waals surface area (Å²) in [6.07, 6.45) is 0. The Morgan fingerprint density at radius 3 is 2.57 bits per heavy atom. The lowest BCUT2D eigenvalue weighted by molar-refractivity contribution is 0.332. The maximum atomic E-state index is 13.1. The number of nitrogens with one attached hydrogen (secondary N) is 1. The zero-order valence-electron chi connectivity index (χ0n) is 12.6. The predicted octanol–water partition coefficient (Wildman–Crippen LogP) is 2.86. The molecule has 112 valence electrons. The first-order valence-electron chi connectivity index (χ1n) is 7.29. The predicted molar refractivity (Wildman–Crippen MR) is 77.6 cm³/mol. The average molecular weight is 289 g/mol. The number of benzene rings is 1. The fraction of sp³-hybridized carbons (Fsp3) is 0.500. The number of hydrogen-bond acceptors (Lipinski definition) is 4. The first-order valence-corrected chi connectivity index (χ1v) is 7.29. The van der Waals surface area contributed by atoms with E-state index in [9.17, 15) is 4.39 Å². The van der Waals surface area contributed by atoms with Gasteiger partial charge in [-0.3, -0.25) is 0 Å². The van der Waals surface area contributed by atoms with Crippen molar-refractivity contribution < 1.29 is 8.91 Å². The normalized spacial score (nSPS) is 22.7. The van der Waals surface area contributed by atoms with Gasteiger partial charge in [0.15, 0.2) is 5.82 Å². The Balaban J connectivity index is 1.89. The molecular formula is C16H20FN3O. The molecule has 1 aliphatic rings. The molecule has 0 radical (unpaired) electrons. The van der Waals surface area contributed by atoms with E-state index in [0.717, 1.165) is 18.7 Å². The van der Waals surface area contributed by atoms with Gasteiger partial charge < -0.3 is 9.84 Å². The number of nitrogens with zero attached hydrogens (tertiary/aromatic N) is 2. The first kappa shape index (κ1) is 14.2. The lowest BCUT2D eigenvalue weighted by atomic mass is 9.84. The molecule has 1 N–H and O–H groups in total. The molecule has 2 atom stereocenters. The highest BCUT2D eigenvalue weighted by Gasteiger charge is 2.33. The van der Waals surface area contributed by atoms with E-state index in [2.05, 4.69) is 22.4 Å². The van der Waals surface area contributed by atoms with Crippen LogP contribution in [0.3, 0.4) is 0 Å². The van der Waals surface area contributed by atoms with Gasteiger partial charge in [-0.15, -0.1) is 0 Å². The van der Waals surface area contributed by atoms with Crippen molar-refractivity contribution in [3.05, 3.63) is 47.4 Å². The monoisotopic (exact) mass is 289 g/mol. The minimum atomic E-state index is -0.412. The van der Waals surface area contributed by atoms with Gasteiger partial charge in [-0.05, 0) is 44.0 Å². The second kappa shape index (κ2) is 5.22. The molecule has 1 aromatic carbocycles. The fourth-order valence-corrected chi connectivity index (χ4v) is 2.78. The Bertz CT molecular complexity index is 621. The summed E-state index contributed by atoms with van der Waals surface area (Å²) in [7, 11) is 0. The van der Waals surface area contributed by atoms with Crippen LogP contribution in [0, 0.1) is 11.7 Å². The Hall–Kier alpha value is -1.75. The van der Waals surface area contributed by atoms with E-state index in [1.165, 1.54) is 12.1 Å². The van der Waals surface area contributed by atoms with Crippen LogP contribution in [0.1, 0.15) is 44.0 Å². The molecule has 3 rings (SSSR count). The Labute approximate surface area is 123 Å². The standard InChI is InChI=1S/C16H20FN3O/c1-10-8-18-9-13(10)14-19-15(20-21-14)16(2,3)11-4-6-12(17)7-5-11/h4-7,10,13,18H,8-9H2,1-3H3/t10-,13-/m1/s1. The third-order valence-corrected chi connectivity index (χ3v) is 4.40. The summed E-state index contributed by atoms with van der Waals surface area (Å²) in [4.78, 5) is 4.60. The van der Waals surface area contributed by atoms with Crippen molar-refractivity contribution in [1.29, 1.82) is 0 Å². The summed E-state index contributed by atoms with van der Waals surface area (Å²) in [5, 5.41) is 7.50. The second-order valence-corrected chi connectivity index (χ2v) is 6.33. The highest BCUT2D eigenvalue weighted by atomic mass is 19.1. The average Bonchev–Trinajstić information content (AvgIpc) is 3.07. The van der Waals surface area contributed by atoms with Gasteiger partial charge in [-0.1, -0.05) is 24.2 Å². The van der Waals surface area contributed by atoms with Gasteiger partial charge in [0, 0.05) is 6.54 Å². The van der Waals surface area contributed by atoms with Crippen molar-refractivity contribution in [2.45, 2.75) is 32.1 Å². The Morgan fingerprint density at radius 2 is 1.95 bits per heavy atom. The highest BCUT2D eigenvalue weighted by molar-refractivity contribution is 5.30. The maximum absolute atomic E-state index is 13.1.